The van der Waals surface area contributed by atoms with Crippen molar-refractivity contribution in [1.82, 2.24) is 10.6 Å². The fourth-order valence-electron chi connectivity index (χ4n) is 2.87. The summed E-state index contributed by atoms with van der Waals surface area (Å²) in [6.45, 7) is 1.53. The number of carbonyl (C=O) groups is 1. The highest BCUT2D eigenvalue weighted by Crippen LogP contribution is 2.20. The zero-order valence-electron chi connectivity index (χ0n) is 12.7. The molecule has 1 aliphatic rings. The van der Waals surface area contributed by atoms with E-state index < -0.39 is 0 Å². The molecule has 0 saturated carbocycles. The summed E-state index contributed by atoms with van der Waals surface area (Å²) in [5.74, 6) is 0.136. The normalized spacial score (nSPS) is 18.5. The van der Waals surface area contributed by atoms with E-state index in [4.69, 9.17) is 0 Å². The van der Waals surface area contributed by atoms with E-state index in [1.165, 1.54) is 16.7 Å². The Hall–Kier alpha value is -2.13. The third-order valence-corrected chi connectivity index (χ3v) is 4.12. The van der Waals surface area contributed by atoms with Crippen molar-refractivity contribution in [1.29, 1.82) is 0 Å². The number of rotatable bonds is 4. The standard InChI is InChI=1S/C19H22N2O/c22-19-18(11-4-5-12-20-19)21-14-15-7-6-10-17(13-15)16-8-2-1-3-9-16/h1-3,6-10,13,18,21H,4-5,11-12,14H2,(H,20,22). The molecule has 0 spiro atoms. The van der Waals surface area contributed by atoms with E-state index in [1.807, 2.05) is 6.07 Å². The molecule has 1 atom stereocenters. The summed E-state index contributed by atoms with van der Waals surface area (Å²) in [7, 11) is 0. The van der Waals surface area contributed by atoms with Gasteiger partial charge in [-0.1, -0.05) is 48.5 Å². The van der Waals surface area contributed by atoms with E-state index in [-0.39, 0.29) is 11.9 Å². The highest BCUT2D eigenvalue weighted by Gasteiger charge is 2.19. The average Bonchev–Trinajstić information content (AvgIpc) is 2.78. The minimum atomic E-state index is -0.0668. The Kier molecular flexibility index (Phi) is 4.86. The number of hydrogen-bond donors (Lipinski definition) is 2. The molecule has 1 heterocycles. The highest BCUT2D eigenvalue weighted by atomic mass is 16.2. The molecular weight excluding hydrogens is 272 g/mol. The first kappa shape index (κ1) is 14.8. The van der Waals surface area contributed by atoms with Gasteiger partial charge in [0.2, 0.25) is 5.91 Å². The van der Waals surface area contributed by atoms with Gasteiger partial charge in [-0.15, -0.1) is 0 Å². The Morgan fingerprint density at radius 3 is 2.68 bits per heavy atom. The predicted octanol–water partition coefficient (Wildman–Crippen LogP) is 3.11. The third kappa shape index (κ3) is 3.74. The lowest BCUT2D eigenvalue weighted by molar-refractivity contribution is -0.122. The maximum atomic E-state index is 12.0. The van der Waals surface area contributed by atoms with Crippen molar-refractivity contribution >= 4 is 5.91 Å². The molecule has 0 bridgehead atoms. The van der Waals surface area contributed by atoms with E-state index in [2.05, 4.69) is 59.2 Å². The zero-order chi connectivity index (χ0) is 15.2. The quantitative estimate of drug-likeness (QED) is 0.909. The highest BCUT2D eigenvalue weighted by molar-refractivity contribution is 5.81. The molecule has 1 unspecified atom stereocenters. The number of hydrogen-bond acceptors (Lipinski definition) is 2. The summed E-state index contributed by atoms with van der Waals surface area (Å²) in [4.78, 5) is 12.0. The molecular formula is C19H22N2O. The molecule has 1 saturated heterocycles. The Balaban J connectivity index is 1.67. The topological polar surface area (TPSA) is 41.1 Å². The number of amides is 1. The van der Waals surface area contributed by atoms with Crippen LogP contribution in [0.2, 0.25) is 0 Å². The SMILES string of the molecule is O=C1NCCCCC1NCc1cccc(-c2ccccc2)c1. The first-order valence-corrected chi connectivity index (χ1v) is 7.98. The van der Waals surface area contributed by atoms with Crippen LogP contribution in [0.1, 0.15) is 24.8 Å². The average molecular weight is 294 g/mol. The van der Waals surface area contributed by atoms with E-state index in [0.29, 0.717) is 0 Å². The molecule has 3 rings (SSSR count). The Morgan fingerprint density at radius 1 is 1.00 bits per heavy atom. The van der Waals surface area contributed by atoms with Crippen LogP contribution in [0.25, 0.3) is 11.1 Å². The van der Waals surface area contributed by atoms with Crippen molar-refractivity contribution in [2.75, 3.05) is 6.54 Å². The first-order valence-electron chi connectivity index (χ1n) is 7.98. The summed E-state index contributed by atoms with van der Waals surface area (Å²) in [5, 5.41) is 6.36. The monoisotopic (exact) mass is 294 g/mol. The molecule has 1 fully saturated rings. The van der Waals surface area contributed by atoms with E-state index in [1.54, 1.807) is 0 Å². The summed E-state index contributed by atoms with van der Waals surface area (Å²) < 4.78 is 0. The lowest BCUT2D eigenvalue weighted by atomic mass is 10.0. The van der Waals surface area contributed by atoms with Crippen molar-refractivity contribution in [2.45, 2.75) is 31.8 Å². The van der Waals surface area contributed by atoms with Gasteiger partial charge in [-0.25, -0.2) is 0 Å². The van der Waals surface area contributed by atoms with Gasteiger partial charge in [-0.3, -0.25) is 4.79 Å². The summed E-state index contributed by atoms with van der Waals surface area (Å²) in [6.07, 6.45) is 3.10. The molecule has 0 radical (unpaired) electrons. The van der Waals surface area contributed by atoms with Gasteiger partial charge >= 0.3 is 0 Å². The van der Waals surface area contributed by atoms with Crippen LogP contribution < -0.4 is 10.6 Å². The van der Waals surface area contributed by atoms with Crippen LogP contribution in [0.5, 0.6) is 0 Å². The summed E-state index contributed by atoms with van der Waals surface area (Å²) >= 11 is 0. The van der Waals surface area contributed by atoms with Gasteiger partial charge in [0, 0.05) is 13.1 Å². The van der Waals surface area contributed by atoms with Gasteiger partial charge in [0.25, 0.3) is 0 Å². The van der Waals surface area contributed by atoms with Crippen LogP contribution >= 0.6 is 0 Å². The van der Waals surface area contributed by atoms with Crippen LogP contribution in [0, 0.1) is 0 Å². The lowest BCUT2D eigenvalue weighted by Crippen LogP contribution is -2.42. The van der Waals surface area contributed by atoms with Crippen LogP contribution in [-0.2, 0) is 11.3 Å². The molecule has 22 heavy (non-hydrogen) atoms. The second-order valence-corrected chi connectivity index (χ2v) is 5.79. The van der Waals surface area contributed by atoms with Gasteiger partial charge < -0.3 is 10.6 Å². The fraction of sp³-hybridized carbons (Fsp3) is 0.316. The molecule has 2 N–H and O–H groups in total. The van der Waals surface area contributed by atoms with Gasteiger partial charge in [0.05, 0.1) is 6.04 Å². The molecule has 0 aromatic heterocycles. The van der Waals surface area contributed by atoms with Crippen LogP contribution in [0.3, 0.4) is 0 Å². The lowest BCUT2D eigenvalue weighted by Gasteiger charge is -2.15. The number of carbonyl (C=O) groups excluding carboxylic acids is 1. The Labute approximate surface area is 131 Å². The van der Waals surface area contributed by atoms with Crippen molar-refractivity contribution in [3.05, 3.63) is 60.2 Å². The van der Waals surface area contributed by atoms with Crippen molar-refractivity contribution < 1.29 is 4.79 Å². The molecule has 1 amide bonds. The maximum absolute atomic E-state index is 12.0. The fourth-order valence-corrected chi connectivity index (χ4v) is 2.87. The Morgan fingerprint density at radius 2 is 1.82 bits per heavy atom. The van der Waals surface area contributed by atoms with E-state index >= 15 is 0 Å². The van der Waals surface area contributed by atoms with E-state index in [9.17, 15) is 4.79 Å². The van der Waals surface area contributed by atoms with Crippen molar-refractivity contribution in [2.24, 2.45) is 0 Å². The number of benzene rings is 2. The zero-order valence-corrected chi connectivity index (χ0v) is 12.7. The molecule has 114 valence electrons. The van der Waals surface area contributed by atoms with Crippen molar-refractivity contribution in [3.63, 3.8) is 0 Å². The van der Waals surface area contributed by atoms with Crippen LogP contribution in [0.15, 0.2) is 54.6 Å². The minimum Gasteiger partial charge on any atom is -0.355 e. The molecule has 0 aliphatic carbocycles. The molecule has 2 aromatic carbocycles. The van der Waals surface area contributed by atoms with Crippen LogP contribution in [0.4, 0.5) is 0 Å². The van der Waals surface area contributed by atoms with Gasteiger partial charge in [-0.2, -0.15) is 0 Å². The van der Waals surface area contributed by atoms with E-state index in [0.717, 1.165) is 32.4 Å². The predicted molar refractivity (Wildman–Crippen MR) is 89.4 cm³/mol. The third-order valence-electron chi connectivity index (χ3n) is 4.12. The molecule has 3 heteroatoms. The maximum Gasteiger partial charge on any atom is 0.237 e. The smallest absolute Gasteiger partial charge is 0.237 e. The minimum absolute atomic E-state index is 0.0668. The molecule has 2 aromatic rings. The van der Waals surface area contributed by atoms with Crippen molar-refractivity contribution in [3.8, 4) is 11.1 Å². The second kappa shape index (κ2) is 7.23. The molecule has 3 nitrogen and oxygen atoms in total. The van der Waals surface area contributed by atoms with Gasteiger partial charge in [0.1, 0.15) is 0 Å². The van der Waals surface area contributed by atoms with Gasteiger partial charge in [0.15, 0.2) is 0 Å². The summed E-state index contributed by atoms with van der Waals surface area (Å²) in [5.41, 5.74) is 3.64. The van der Waals surface area contributed by atoms with Gasteiger partial charge in [-0.05, 0) is 42.0 Å². The second-order valence-electron chi connectivity index (χ2n) is 5.79. The largest absolute Gasteiger partial charge is 0.355 e. The summed E-state index contributed by atoms with van der Waals surface area (Å²) in [6, 6.07) is 18.8. The Bertz CT molecular complexity index is 624. The molecule has 1 aliphatic heterocycles. The number of nitrogens with one attached hydrogen (secondary N) is 2. The van der Waals surface area contributed by atoms with Crippen LogP contribution in [-0.4, -0.2) is 18.5 Å². The first-order chi connectivity index (χ1) is 10.8.